The zero-order chi connectivity index (χ0) is 16.9. The minimum atomic E-state index is -0.511. The lowest BCUT2D eigenvalue weighted by atomic mass is 10.1. The molecule has 0 saturated carbocycles. The van der Waals surface area contributed by atoms with Crippen LogP contribution in [-0.4, -0.2) is 60.3 Å². The number of imide groups is 1. The molecule has 24 heavy (non-hydrogen) atoms. The lowest BCUT2D eigenvalue weighted by Crippen LogP contribution is -2.41. The predicted molar refractivity (Wildman–Crippen MR) is 86.2 cm³/mol. The number of nitrogens with one attached hydrogen (secondary N) is 1. The van der Waals surface area contributed by atoms with Gasteiger partial charge >= 0.3 is 0 Å². The lowest BCUT2D eigenvalue weighted by Gasteiger charge is -2.25. The second-order valence-corrected chi connectivity index (χ2v) is 6.02. The second kappa shape index (κ2) is 7.55. The van der Waals surface area contributed by atoms with Crippen LogP contribution in [-0.2, 0) is 9.63 Å². The standard InChI is InChI=1S/C17H21N3O4/c21-15(18-24-11-10-19-8-4-1-5-9-19)12-20-16(22)13-6-2-3-7-14(13)17(20)23/h2-3,6-7H,1,4-5,8-12H2,(H,18,21). The average Bonchev–Trinajstić information content (AvgIpc) is 2.85. The number of benzene rings is 1. The lowest BCUT2D eigenvalue weighted by molar-refractivity contribution is -0.134. The third kappa shape index (κ3) is 3.63. The predicted octanol–water partition coefficient (Wildman–Crippen LogP) is 0.816. The van der Waals surface area contributed by atoms with Gasteiger partial charge in [-0.05, 0) is 38.1 Å². The van der Waals surface area contributed by atoms with Gasteiger partial charge < -0.3 is 4.90 Å². The summed E-state index contributed by atoms with van der Waals surface area (Å²) in [5.41, 5.74) is 2.97. The van der Waals surface area contributed by atoms with Crippen LogP contribution < -0.4 is 5.48 Å². The van der Waals surface area contributed by atoms with E-state index >= 15 is 0 Å². The van der Waals surface area contributed by atoms with E-state index in [1.807, 2.05) is 0 Å². The molecule has 3 rings (SSSR count). The number of piperidine rings is 1. The molecule has 0 bridgehead atoms. The Morgan fingerprint density at radius 3 is 2.29 bits per heavy atom. The van der Waals surface area contributed by atoms with E-state index in [0.29, 0.717) is 17.7 Å². The number of hydrogen-bond acceptors (Lipinski definition) is 5. The summed E-state index contributed by atoms with van der Waals surface area (Å²) in [6.45, 7) is 2.93. The monoisotopic (exact) mass is 331 g/mol. The first-order valence-electron chi connectivity index (χ1n) is 8.25. The highest BCUT2D eigenvalue weighted by atomic mass is 16.7. The van der Waals surface area contributed by atoms with Crippen molar-refractivity contribution in [3.8, 4) is 0 Å². The fourth-order valence-electron chi connectivity index (χ4n) is 3.05. The van der Waals surface area contributed by atoms with Gasteiger partial charge in [0.2, 0.25) is 0 Å². The van der Waals surface area contributed by atoms with Crippen LogP contribution in [0.25, 0.3) is 0 Å². The van der Waals surface area contributed by atoms with E-state index in [-0.39, 0.29) is 6.54 Å². The first-order chi connectivity index (χ1) is 11.7. The minimum absolute atomic E-state index is 0.335. The van der Waals surface area contributed by atoms with Crippen molar-refractivity contribution in [1.29, 1.82) is 0 Å². The van der Waals surface area contributed by atoms with E-state index in [1.54, 1.807) is 24.3 Å². The summed E-state index contributed by atoms with van der Waals surface area (Å²) in [4.78, 5) is 44.6. The Morgan fingerprint density at radius 2 is 1.67 bits per heavy atom. The highest BCUT2D eigenvalue weighted by Crippen LogP contribution is 2.21. The topological polar surface area (TPSA) is 79.0 Å². The minimum Gasteiger partial charge on any atom is -0.301 e. The Labute approximate surface area is 140 Å². The van der Waals surface area contributed by atoms with E-state index < -0.39 is 17.7 Å². The van der Waals surface area contributed by atoms with Gasteiger partial charge in [0.25, 0.3) is 17.7 Å². The number of rotatable bonds is 6. The van der Waals surface area contributed by atoms with Crippen LogP contribution in [0.5, 0.6) is 0 Å². The summed E-state index contributed by atoms with van der Waals surface area (Å²) < 4.78 is 0. The number of hydrogen-bond donors (Lipinski definition) is 1. The van der Waals surface area contributed by atoms with Crippen molar-refractivity contribution in [2.24, 2.45) is 0 Å². The fraction of sp³-hybridized carbons (Fsp3) is 0.471. The van der Waals surface area contributed by atoms with Gasteiger partial charge in [-0.2, -0.15) is 0 Å². The van der Waals surface area contributed by atoms with Crippen LogP contribution in [0.3, 0.4) is 0 Å². The van der Waals surface area contributed by atoms with Crippen molar-refractivity contribution in [3.63, 3.8) is 0 Å². The number of amides is 3. The Kier molecular flexibility index (Phi) is 5.22. The first-order valence-corrected chi connectivity index (χ1v) is 8.25. The van der Waals surface area contributed by atoms with Gasteiger partial charge in [-0.25, -0.2) is 5.48 Å². The molecule has 0 atom stereocenters. The molecular weight excluding hydrogens is 310 g/mol. The van der Waals surface area contributed by atoms with Crippen molar-refractivity contribution in [2.75, 3.05) is 32.8 Å². The first kappa shape index (κ1) is 16.6. The molecule has 2 aliphatic heterocycles. The molecule has 0 spiro atoms. The number of carbonyl (C=O) groups is 3. The maximum absolute atomic E-state index is 12.2. The number of carbonyl (C=O) groups excluding carboxylic acids is 3. The number of nitrogens with zero attached hydrogens (tertiary/aromatic N) is 2. The summed E-state index contributed by atoms with van der Waals surface area (Å²) >= 11 is 0. The maximum Gasteiger partial charge on any atom is 0.263 e. The molecule has 7 nitrogen and oxygen atoms in total. The summed E-state index contributed by atoms with van der Waals surface area (Å²) in [7, 11) is 0. The van der Waals surface area contributed by atoms with Crippen LogP contribution >= 0.6 is 0 Å². The highest BCUT2D eigenvalue weighted by molar-refractivity contribution is 6.22. The maximum atomic E-state index is 12.2. The van der Waals surface area contributed by atoms with Gasteiger partial charge in [0.1, 0.15) is 6.54 Å². The van der Waals surface area contributed by atoms with Gasteiger partial charge in [0.15, 0.2) is 0 Å². The molecule has 0 aromatic heterocycles. The van der Waals surface area contributed by atoms with Crippen molar-refractivity contribution in [1.82, 2.24) is 15.3 Å². The molecule has 1 aromatic rings. The van der Waals surface area contributed by atoms with E-state index in [0.717, 1.165) is 24.5 Å². The van der Waals surface area contributed by atoms with Crippen molar-refractivity contribution in [2.45, 2.75) is 19.3 Å². The molecule has 7 heteroatoms. The van der Waals surface area contributed by atoms with Gasteiger partial charge in [0.05, 0.1) is 17.7 Å². The van der Waals surface area contributed by atoms with E-state index in [1.165, 1.54) is 19.3 Å². The zero-order valence-electron chi connectivity index (χ0n) is 13.5. The van der Waals surface area contributed by atoms with Crippen molar-refractivity contribution >= 4 is 17.7 Å². The Balaban J connectivity index is 1.42. The zero-order valence-corrected chi connectivity index (χ0v) is 13.5. The fourth-order valence-corrected chi connectivity index (χ4v) is 3.05. The van der Waals surface area contributed by atoms with Crippen LogP contribution in [0, 0.1) is 0 Å². The molecule has 128 valence electrons. The molecule has 1 fully saturated rings. The summed E-state index contributed by atoms with van der Waals surface area (Å²) in [5.74, 6) is -1.40. The third-order valence-corrected chi connectivity index (χ3v) is 4.32. The molecular formula is C17H21N3O4. The molecule has 3 amide bonds. The molecule has 0 aliphatic carbocycles. The van der Waals surface area contributed by atoms with Crippen LogP contribution in [0.2, 0.25) is 0 Å². The SMILES string of the molecule is O=C(CN1C(=O)c2ccccc2C1=O)NOCCN1CCCCC1. The summed E-state index contributed by atoms with van der Waals surface area (Å²) in [5, 5.41) is 0. The van der Waals surface area contributed by atoms with E-state index in [4.69, 9.17) is 4.84 Å². The summed E-state index contributed by atoms with van der Waals surface area (Å²) in [6, 6.07) is 6.56. The van der Waals surface area contributed by atoms with E-state index in [2.05, 4.69) is 10.4 Å². The molecule has 0 radical (unpaired) electrons. The van der Waals surface area contributed by atoms with E-state index in [9.17, 15) is 14.4 Å². The van der Waals surface area contributed by atoms with Crippen molar-refractivity contribution in [3.05, 3.63) is 35.4 Å². The smallest absolute Gasteiger partial charge is 0.263 e. The van der Waals surface area contributed by atoms with Crippen LogP contribution in [0.1, 0.15) is 40.0 Å². The molecule has 1 N–H and O–H groups in total. The van der Waals surface area contributed by atoms with Crippen molar-refractivity contribution < 1.29 is 19.2 Å². The Morgan fingerprint density at radius 1 is 1.04 bits per heavy atom. The molecule has 1 saturated heterocycles. The van der Waals surface area contributed by atoms with Gasteiger partial charge in [-0.1, -0.05) is 18.6 Å². The number of fused-ring (bicyclic) bond motifs is 1. The number of hydroxylamine groups is 1. The Bertz CT molecular complexity index is 605. The molecule has 0 unspecified atom stereocenters. The molecule has 2 heterocycles. The molecule has 2 aliphatic rings. The van der Waals surface area contributed by atoms with Gasteiger partial charge in [0, 0.05) is 6.54 Å². The second-order valence-electron chi connectivity index (χ2n) is 6.02. The van der Waals surface area contributed by atoms with Gasteiger partial charge in [-0.3, -0.25) is 24.1 Å². The van der Waals surface area contributed by atoms with Crippen LogP contribution in [0.4, 0.5) is 0 Å². The quantitative estimate of drug-likeness (QED) is 0.474. The summed E-state index contributed by atoms with van der Waals surface area (Å²) in [6.07, 6.45) is 3.67. The van der Waals surface area contributed by atoms with Gasteiger partial charge in [-0.15, -0.1) is 0 Å². The average molecular weight is 331 g/mol. The highest BCUT2D eigenvalue weighted by Gasteiger charge is 2.36. The number of likely N-dealkylation sites (tertiary alicyclic amines) is 1. The molecule has 1 aromatic carbocycles. The third-order valence-electron chi connectivity index (χ3n) is 4.32. The Hall–Kier alpha value is -2.25. The van der Waals surface area contributed by atoms with Crippen LogP contribution in [0.15, 0.2) is 24.3 Å². The largest absolute Gasteiger partial charge is 0.301 e. The normalized spacial score (nSPS) is 17.9.